The highest BCUT2D eigenvalue weighted by molar-refractivity contribution is 5.77. The second kappa shape index (κ2) is 7.09. The molecule has 7 heteroatoms. The van der Waals surface area contributed by atoms with Crippen LogP contribution in [0.5, 0.6) is 0 Å². The summed E-state index contributed by atoms with van der Waals surface area (Å²) in [5, 5.41) is 9.19. The lowest BCUT2D eigenvalue weighted by Crippen LogP contribution is -2.52. The quantitative estimate of drug-likeness (QED) is 0.817. The Morgan fingerprint density at radius 1 is 1.43 bits per heavy atom. The smallest absolute Gasteiger partial charge is 0.320 e. The molecule has 3 unspecified atom stereocenters. The number of carbonyl (C=O) groups is 2. The molecule has 2 aliphatic heterocycles. The van der Waals surface area contributed by atoms with Crippen molar-refractivity contribution in [3.05, 3.63) is 0 Å². The average molecular weight is 300 g/mol. The number of ether oxygens (including phenoxy) is 2. The lowest BCUT2D eigenvalue weighted by atomic mass is 9.99. The Kier molecular flexibility index (Phi) is 5.41. The van der Waals surface area contributed by atoms with Crippen LogP contribution in [0.25, 0.3) is 0 Å². The van der Waals surface area contributed by atoms with Crippen LogP contribution in [-0.2, 0) is 14.3 Å². The minimum atomic E-state index is -0.909. The molecule has 21 heavy (non-hydrogen) atoms. The molecule has 0 aromatic carbocycles. The summed E-state index contributed by atoms with van der Waals surface area (Å²) in [6.45, 7) is 2.49. The Balaban J connectivity index is 1.96. The van der Waals surface area contributed by atoms with Gasteiger partial charge in [0.25, 0.3) is 0 Å². The molecule has 3 atom stereocenters. The monoisotopic (exact) mass is 300 g/mol. The van der Waals surface area contributed by atoms with E-state index < -0.39 is 17.9 Å². The number of piperidine rings is 1. The molecule has 0 aromatic rings. The van der Waals surface area contributed by atoms with Crippen molar-refractivity contribution in [3.63, 3.8) is 0 Å². The number of hydrogen-bond donors (Lipinski definition) is 1. The topological polar surface area (TPSA) is 79.3 Å². The van der Waals surface area contributed by atoms with Gasteiger partial charge in [0.05, 0.1) is 25.9 Å². The Labute approximate surface area is 124 Å². The van der Waals surface area contributed by atoms with Crippen molar-refractivity contribution < 1.29 is 24.2 Å². The number of urea groups is 1. The number of likely N-dealkylation sites (tertiary alicyclic amines) is 1. The first-order valence-corrected chi connectivity index (χ1v) is 7.35. The van der Waals surface area contributed by atoms with Crippen LogP contribution in [0.15, 0.2) is 0 Å². The van der Waals surface area contributed by atoms with Gasteiger partial charge in [-0.1, -0.05) is 0 Å². The third kappa shape index (κ3) is 3.65. The number of amides is 2. The standard InChI is InChI=1S/C14H24N2O5/c1-15(12-9-21-8-11(12)13(17)18)14(19)16-5-3-4-10(6-16)7-20-2/h10-12H,3-9H2,1-2H3,(H,17,18). The fourth-order valence-corrected chi connectivity index (χ4v) is 3.14. The predicted octanol–water partition coefficient (Wildman–Crippen LogP) is 0.496. The number of methoxy groups -OCH3 is 1. The third-order valence-corrected chi connectivity index (χ3v) is 4.36. The van der Waals surface area contributed by atoms with E-state index in [-0.39, 0.29) is 19.2 Å². The molecule has 1 N–H and O–H groups in total. The maximum Gasteiger partial charge on any atom is 0.320 e. The summed E-state index contributed by atoms with van der Waals surface area (Å²) in [7, 11) is 3.33. The molecule has 2 heterocycles. The zero-order valence-corrected chi connectivity index (χ0v) is 12.7. The Morgan fingerprint density at radius 2 is 2.19 bits per heavy atom. The van der Waals surface area contributed by atoms with E-state index in [9.17, 15) is 14.7 Å². The molecule has 0 spiro atoms. The molecule has 2 fully saturated rings. The number of nitrogens with zero attached hydrogens (tertiary/aromatic N) is 2. The van der Waals surface area contributed by atoms with Gasteiger partial charge in [-0.3, -0.25) is 4.79 Å². The van der Waals surface area contributed by atoms with E-state index in [1.54, 1.807) is 19.1 Å². The molecule has 0 aromatic heterocycles. The van der Waals surface area contributed by atoms with Crippen molar-refractivity contribution >= 4 is 12.0 Å². The van der Waals surface area contributed by atoms with Crippen LogP contribution in [0.3, 0.4) is 0 Å². The van der Waals surface area contributed by atoms with E-state index in [0.29, 0.717) is 25.6 Å². The fraction of sp³-hybridized carbons (Fsp3) is 0.857. The van der Waals surface area contributed by atoms with Gasteiger partial charge < -0.3 is 24.4 Å². The van der Waals surface area contributed by atoms with E-state index in [1.165, 1.54) is 4.90 Å². The molecule has 2 rings (SSSR count). The summed E-state index contributed by atoms with van der Waals surface area (Å²) < 4.78 is 10.4. The number of hydrogen-bond acceptors (Lipinski definition) is 4. The van der Waals surface area contributed by atoms with E-state index in [0.717, 1.165) is 12.8 Å². The van der Waals surface area contributed by atoms with Crippen molar-refractivity contribution in [2.45, 2.75) is 18.9 Å². The highest BCUT2D eigenvalue weighted by atomic mass is 16.5. The number of carboxylic acid groups (broad SMARTS) is 1. The van der Waals surface area contributed by atoms with Crippen LogP contribution in [0.1, 0.15) is 12.8 Å². The van der Waals surface area contributed by atoms with E-state index in [2.05, 4.69) is 0 Å². The molecular weight excluding hydrogens is 276 g/mol. The Morgan fingerprint density at radius 3 is 2.86 bits per heavy atom. The molecule has 0 saturated carbocycles. The average Bonchev–Trinajstić information content (AvgIpc) is 2.96. The molecular formula is C14H24N2O5. The van der Waals surface area contributed by atoms with Crippen LogP contribution >= 0.6 is 0 Å². The van der Waals surface area contributed by atoms with Crippen LogP contribution in [0.2, 0.25) is 0 Å². The van der Waals surface area contributed by atoms with Crippen LogP contribution in [-0.4, -0.2) is 80.0 Å². The third-order valence-electron chi connectivity index (χ3n) is 4.36. The van der Waals surface area contributed by atoms with Crippen molar-refractivity contribution in [2.24, 2.45) is 11.8 Å². The second-order valence-corrected chi connectivity index (χ2v) is 5.85. The minimum absolute atomic E-state index is 0.113. The summed E-state index contributed by atoms with van der Waals surface area (Å²) in [5.41, 5.74) is 0. The predicted molar refractivity (Wildman–Crippen MR) is 75.1 cm³/mol. The summed E-state index contributed by atoms with van der Waals surface area (Å²) >= 11 is 0. The first-order chi connectivity index (χ1) is 10.0. The van der Waals surface area contributed by atoms with Crippen molar-refractivity contribution in [1.82, 2.24) is 9.80 Å². The van der Waals surface area contributed by atoms with Gasteiger partial charge in [0, 0.05) is 33.2 Å². The lowest BCUT2D eigenvalue weighted by molar-refractivity contribution is -0.142. The van der Waals surface area contributed by atoms with E-state index in [1.807, 2.05) is 0 Å². The van der Waals surface area contributed by atoms with Gasteiger partial charge in [-0.25, -0.2) is 4.79 Å². The van der Waals surface area contributed by atoms with Crippen LogP contribution < -0.4 is 0 Å². The van der Waals surface area contributed by atoms with Gasteiger partial charge in [-0.15, -0.1) is 0 Å². The highest BCUT2D eigenvalue weighted by Crippen LogP contribution is 2.23. The van der Waals surface area contributed by atoms with Crippen LogP contribution in [0, 0.1) is 11.8 Å². The molecule has 0 radical (unpaired) electrons. The minimum Gasteiger partial charge on any atom is -0.481 e. The van der Waals surface area contributed by atoms with Crippen molar-refractivity contribution in [2.75, 3.05) is 47.1 Å². The highest BCUT2D eigenvalue weighted by Gasteiger charge is 2.40. The molecule has 120 valence electrons. The number of aliphatic carboxylic acids is 1. The number of rotatable bonds is 4. The molecule has 2 aliphatic rings. The molecule has 0 bridgehead atoms. The SMILES string of the molecule is COCC1CCCN(C(=O)N(C)C2COCC2C(=O)O)C1. The summed E-state index contributed by atoms with van der Waals surface area (Å²) in [6.07, 6.45) is 2.02. The van der Waals surface area contributed by atoms with Gasteiger partial charge >= 0.3 is 12.0 Å². The zero-order valence-electron chi connectivity index (χ0n) is 12.7. The first-order valence-electron chi connectivity index (χ1n) is 7.35. The van der Waals surface area contributed by atoms with E-state index in [4.69, 9.17) is 9.47 Å². The number of carboxylic acids is 1. The molecule has 2 saturated heterocycles. The normalized spacial score (nSPS) is 29.4. The second-order valence-electron chi connectivity index (χ2n) is 5.85. The number of likely N-dealkylation sites (N-methyl/N-ethyl adjacent to an activating group) is 1. The van der Waals surface area contributed by atoms with Gasteiger partial charge in [0.1, 0.15) is 5.92 Å². The van der Waals surface area contributed by atoms with Gasteiger partial charge in [0.15, 0.2) is 0 Å². The van der Waals surface area contributed by atoms with Gasteiger partial charge in [0.2, 0.25) is 0 Å². The zero-order chi connectivity index (χ0) is 15.4. The largest absolute Gasteiger partial charge is 0.481 e. The first kappa shape index (κ1) is 16.0. The lowest BCUT2D eigenvalue weighted by Gasteiger charge is -2.37. The maximum absolute atomic E-state index is 12.6. The molecule has 2 amide bonds. The van der Waals surface area contributed by atoms with Gasteiger partial charge in [-0.05, 0) is 12.8 Å². The van der Waals surface area contributed by atoms with Gasteiger partial charge in [-0.2, -0.15) is 0 Å². The summed E-state index contributed by atoms with van der Waals surface area (Å²) in [5.74, 6) is -1.19. The van der Waals surface area contributed by atoms with Crippen LogP contribution in [0.4, 0.5) is 4.79 Å². The fourth-order valence-electron chi connectivity index (χ4n) is 3.14. The van der Waals surface area contributed by atoms with Crippen molar-refractivity contribution in [1.29, 1.82) is 0 Å². The molecule has 0 aliphatic carbocycles. The summed E-state index contributed by atoms with van der Waals surface area (Å²) in [4.78, 5) is 27.1. The van der Waals surface area contributed by atoms with Crippen molar-refractivity contribution in [3.8, 4) is 0 Å². The number of carbonyl (C=O) groups excluding carboxylic acids is 1. The maximum atomic E-state index is 12.6. The Hall–Kier alpha value is -1.34. The molecule has 7 nitrogen and oxygen atoms in total. The summed E-state index contributed by atoms with van der Waals surface area (Å²) in [6, 6.07) is -0.504. The van der Waals surface area contributed by atoms with E-state index >= 15 is 0 Å². The Bertz CT molecular complexity index is 388.